The predicted molar refractivity (Wildman–Crippen MR) is 117 cm³/mol. The van der Waals surface area contributed by atoms with Crippen LogP contribution in [0.2, 0.25) is 0 Å². The molecule has 0 spiro atoms. The summed E-state index contributed by atoms with van der Waals surface area (Å²) in [5.41, 5.74) is 2.02. The van der Waals surface area contributed by atoms with Crippen LogP contribution in [0, 0.1) is 13.8 Å². The molecule has 2 atom stereocenters. The summed E-state index contributed by atoms with van der Waals surface area (Å²) in [4.78, 5) is 23.9. The molecule has 1 aliphatic heterocycles. The summed E-state index contributed by atoms with van der Waals surface area (Å²) in [6, 6.07) is 6.35. The minimum atomic E-state index is -3.83. The highest BCUT2D eigenvalue weighted by Crippen LogP contribution is 2.33. The van der Waals surface area contributed by atoms with E-state index in [-0.39, 0.29) is 17.0 Å². The second-order valence-electron chi connectivity index (χ2n) is 8.11. The molecule has 1 aliphatic rings. The van der Waals surface area contributed by atoms with E-state index in [0.29, 0.717) is 29.9 Å². The van der Waals surface area contributed by atoms with Crippen molar-refractivity contribution in [2.24, 2.45) is 0 Å². The van der Waals surface area contributed by atoms with Crippen molar-refractivity contribution in [2.75, 3.05) is 18.0 Å². The van der Waals surface area contributed by atoms with Gasteiger partial charge in [0.2, 0.25) is 0 Å². The monoisotopic (exact) mass is 443 g/mol. The minimum absolute atomic E-state index is 0.123. The number of hydrogen-bond acceptors (Lipinski definition) is 6. The lowest BCUT2D eigenvalue weighted by molar-refractivity contribution is 0.114. The topological polar surface area (TPSA) is 109 Å². The summed E-state index contributed by atoms with van der Waals surface area (Å²) < 4.78 is 27.8. The number of hydrogen-bond donors (Lipinski definition) is 1. The predicted octanol–water partition coefficient (Wildman–Crippen LogP) is 2.86. The van der Waals surface area contributed by atoms with Crippen LogP contribution in [0.25, 0.3) is 11.0 Å². The fraction of sp³-hybridized carbons (Fsp3) is 0.381. The average Bonchev–Trinajstić information content (AvgIpc) is 3.07. The maximum absolute atomic E-state index is 13.3. The first-order valence-electron chi connectivity index (χ1n) is 10.0. The van der Waals surface area contributed by atoms with Gasteiger partial charge in [0.25, 0.3) is 10.0 Å². The van der Waals surface area contributed by atoms with E-state index in [1.165, 1.54) is 15.2 Å². The van der Waals surface area contributed by atoms with E-state index in [2.05, 4.69) is 9.97 Å². The summed E-state index contributed by atoms with van der Waals surface area (Å²) in [5, 5.41) is 10.1. The van der Waals surface area contributed by atoms with Crippen LogP contribution < -0.4 is 4.90 Å². The molecular formula is C21H25N5O4S. The van der Waals surface area contributed by atoms with Crippen LogP contribution in [0.3, 0.4) is 0 Å². The number of nitrogens with zero attached hydrogens (tertiary/aromatic N) is 5. The molecule has 164 valence electrons. The van der Waals surface area contributed by atoms with E-state index in [0.717, 1.165) is 11.1 Å². The number of anilines is 1. The van der Waals surface area contributed by atoms with E-state index in [4.69, 9.17) is 0 Å². The van der Waals surface area contributed by atoms with Gasteiger partial charge in [-0.05, 0) is 45.4 Å². The lowest BCUT2D eigenvalue weighted by Crippen LogP contribution is -2.58. The van der Waals surface area contributed by atoms with Gasteiger partial charge in [0.15, 0.2) is 5.65 Å². The van der Waals surface area contributed by atoms with Crippen molar-refractivity contribution in [1.82, 2.24) is 18.8 Å². The molecule has 0 bridgehead atoms. The Hall–Kier alpha value is -3.14. The molecule has 0 saturated carbocycles. The standard InChI is InChI=1S/C21H25N5O4S/c1-13-5-7-17(8-6-13)31(29,30)26-9-14(2)18-19(22-12-23-20(18)26)24-10-16(4)25(21(27)28)11-15(24)3/h5-9,12,15-16H,10-11H2,1-4H3,(H,27,28). The first-order valence-corrected chi connectivity index (χ1v) is 11.5. The van der Waals surface area contributed by atoms with Crippen molar-refractivity contribution >= 4 is 33.0 Å². The fourth-order valence-corrected chi connectivity index (χ4v) is 5.47. The number of benzene rings is 1. The number of piperazine rings is 1. The van der Waals surface area contributed by atoms with Gasteiger partial charge < -0.3 is 14.9 Å². The summed E-state index contributed by atoms with van der Waals surface area (Å²) in [5.74, 6) is 0.616. The zero-order valence-corrected chi connectivity index (χ0v) is 18.7. The van der Waals surface area contributed by atoms with Gasteiger partial charge >= 0.3 is 6.09 Å². The normalized spacial score (nSPS) is 19.7. The Bertz CT molecular complexity index is 1250. The number of rotatable bonds is 3. The van der Waals surface area contributed by atoms with E-state index in [9.17, 15) is 18.3 Å². The maximum atomic E-state index is 13.3. The highest BCUT2D eigenvalue weighted by atomic mass is 32.2. The summed E-state index contributed by atoms with van der Waals surface area (Å²) in [6.07, 6.45) is 1.98. The molecule has 1 aromatic carbocycles. The number of fused-ring (bicyclic) bond motifs is 1. The highest BCUT2D eigenvalue weighted by molar-refractivity contribution is 7.90. The largest absolute Gasteiger partial charge is 0.465 e. The zero-order chi connectivity index (χ0) is 22.5. The van der Waals surface area contributed by atoms with Gasteiger partial charge in [-0.1, -0.05) is 17.7 Å². The minimum Gasteiger partial charge on any atom is -0.465 e. The molecule has 1 amide bonds. The van der Waals surface area contributed by atoms with E-state index >= 15 is 0 Å². The third-order valence-electron chi connectivity index (χ3n) is 5.80. The van der Waals surface area contributed by atoms with Crippen LogP contribution in [0.15, 0.2) is 41.7 Å². The molecule has 2 unspecified atom stereocenters. The van der Waals surface area contributed by atoms with Crippen molar-refractivity contribution in [3.8, 4) is 0 Å². The number of carbonyl (C=O) groups is 1. The van der Waals surface area contributed by atoms with E-state index < -0.39 is 16.1 Å². The number of aryl methyl sites for hydroxylation is 2. The molecule has 31 heavy (non-hydrogen) atoms. The molecule has 0 radical (unpaired) electrons. The van der Waals surface area contributed by atoms with Crippen LogP contribution >= 0.6 is 0 Å². The first-order chi connectivity index (χ1) is 14.6. The molecule has 4 rings (SSSR count). The SMILES string of the molecule is Cc1ccc(S(=O)(=O)n2cc(C)c3c(N4CC(C)N(C(=O)O)CC4C)ncnc32)cc1. The van der Waals surface area contributed by atoms with Crippen LogP contribution in [0.5, 0.6) is 0 Å². The molecule has 1 fully saturated rings. The van der Waals surface area contributed by atoms with Crippen molar-refractivity contribution in [3.05, 3.63) is 47.9 Å². The lowest BCUT2D eigenvalue weighted by atomic mass is 10.1. The van der Waals surface area contributed by atoms with E-state index in [1.54, 1.807) is 30.5 Å². The maximum Gasteiger partial charge on any atom is 0.407 e. The van der Waals surface area contributed by atoms with Gasteiger partial charge in [0, 0.05) is 31.4 Å². The smallest absolute Gasteiger partial charge is 0.407 e. The van der Waals surface area contributed by atoms with Gasteiger partial charge in [0.1, 0.15) is 12.1 Å². The highest BCUT2D eigenvalue weighted by Gasteiger charge is 2.34. The van der Waals surface area contributed by atoms with Crippen molar-refractivity contribution in [3.63, 3.8) is 0 Å². The zero-order valence-electron chi connectivity index (χ0n) is 17.8. The molecule has 3 aromatic rings. The van der Waals surface area contributed by atoms with Gasteiger partial charge in [-0.3, -0.25) is 0 Å². The Morgan fingerprint density at radius 2 is 1.74 bits per heavy atom. The molecule has 0 aliphatic carbocycles. The Morgan fingerprint density at radius 1 is 1.06 bits per heavy atom. The van der Waals surface area contributed by atoms with Crippen molar-refractivity contribution < 1.29 is 18.3 Å². The van der Waals surface area contributed by atoms with Gasteiger partial charge in [-0.25, -0.2) is 27.2 Å². The Labute approximate surface area is 181 Å². The quantitative estimate of drug-likeness (QED) is 0.663. The summed E-state index contributed by atoms with van der Waals surface area (Å²) in [7, 11) is -3.83. The van der Waals surface area contributed by atoms with Crippen molar-refractivity contribution in [2.45, 2.75) is 44.7 Å². The van der Waals surface area contributed by atoms with Crippen LogP contribution in [-0.4, -0.2) is 63.6 Å². The molecule has 1 N–H and O–H groups in total. The van der Waals surface area contributed by atoms with Crippen LogP contribution in [0.1, 0.15) is 25.0 Å². The second kappa shape index (κ2) is 7.52. The summed E-state index contributed by atoms with van der Waals surface area (Å²) >= 11 is 0. The Morgan fingerprint density at radius 3 is 2.39 bits per heavy atom. The molecule has 9 nitrogen and oxygen atoms in total. The van der Waals surface area contributed by atoms with Crippen molar-refractivity contribution in [1.29, 1.82) is 0 Å². The average molecular weight is 444 g/mol. The Balaban J connectivity index is 1.82. The van der Waals surface area contributed by atoms with E-state index in [1.807, 2.05) is 32.6 Å². The molecule has 1 saturated heterocycles. The number of carboxylic acid groups (broad SMARTS) is 1. The number of aromatic nitrogens is 3. The van der Waals surface area contributed by atoms with Gasteiger partial charge in [-0.15, -0.1) is 0 Å². The van der Waals surface area contributed by atoms with Crippen LogP contribution in [0.4, 0.5) is 10.6 Å². The number of amides is 1. The lowest BCUT2D eigenvalue weighted by Gasteiger charge is -2.43. The molecular weight excluding hydrogens is 418 g/mol. The van der Waals surface area contributed by atoms with Crippen LogP contribution in [-0.2, 0) is 10.0 Å². The molecule has 10 heteroatoms. The fourth-order valence-electron chi connectivity index (χ4n) is 4.10. The molecule has 2 aromatic heterocycles. The molecule has 3 heterocycles. The second-order valence-corrected chi connectivity index (χ2v) is 9.92. The summed E-state index contributed by atoms with van der Waals surface area (Å²) in [6.45, 7) is 8.31. The van der Waals surface area contributed by atoms with Gasteiger partial charge in [0.05, 0.1) is 10.3 Å². The third-order valence-corrected chi connectivity index (χ3v) is 7.47. The van der Waals surface area contributed by atoms with Gasteiger partial charge in [-0.2, -0.15) is 0 Å². The third kappa shape index (κ3) is 3.50. The Kier molecular flexibility index (Phi) is 5.12. The first kappa shape index (κ1) is 21.1.